The van der Waals surface area contributed by atoms with E-state index in [4.69, 9.17) is 5.11 Å². The molecule has 0 radical (unpaired) electrons. The van der Waals surface area contributed by atoms with Crippen LogP contribution in [0.15, 0.2) is 11.7 Å². The summed E-state index contributed by atoms with van der Waals surface area (Å²) in [7, 11) is 0. The van der Waals surface area contributed by atoms with Crippen molar-refractivity contribution in [3.8, 4) is 0 Å². The molecule has 1 fully saturated rings. The Hall–Kier alpha value is -0.590. The Morgan fingerprint density at radius 2 is 2.44 bits per heavy atom. The Morgan fingerprint density at radius 1 is 1.62 bits per heavy atom. The van der Waals surface area contributed by atoms with Crippen molar-refractivity contribution in [1.29, 1.82) is 0 Å². The van der Waals surface area contributed by atoms with E-state index in [1.54, 1.807) is 16.6 Å². The molecule has 6 heteroatoms. The molecule has 0 aromatic carbocycles. The van der Waals surface area contributed by atoms with Gasteiger partial charge in [-0.1, -0.05) is 0 Å². The molecule has 1 atom stereocenters. The number of piperidine rings is 1. The lowest BCUT2D eigenvalue weighted by Gasteiger charge is -2.35. The van der Waals surface area contributed by atoms with Crippen LogP contribution in [-0.2, 0) is 6.42 Å². The molecule has 0 saturated carbocycles. The van der Waals surface area contributed by atoms with Gasteiger partial charge in [-0.3, -0.25) is 9.88 Å². The number of thiazole rings is 1. The Bertz CT molecular complexity index is 332. The van der Waals surface area contributed by atoms with E-state index in [0.717, 1.165) is 11.3 Å². The van der Waals surface area contributed by atoms with Gasteiger partial charge in [-0.25, -0.2) is 8.78 Å². The first kappa shape index (κ1) is 11.9. The van der Waals surface area contributed by atoms with Gasteiger partial charge in [-0.15, -0.1) is 11.3 Å². The molecule has 16 heavy (non-hydrogen) atoms. The SMILES string of the molecule is OC1CCN(CCc2cncs2)CC1(F)F. The van der Waals surface area contributed by atoms with Gasteiger partial charge >= 0.3 is 0 Å². The van der Waals surface area contributed by atoms with Crippen molar-refractivity contribution >= 4 is 11.3 Å². The number of nitrogens with zero attached hydrogens (tertiary/aromatic N) is 2. The molecule has 1 aliphatic rings. The minimum absolute atomic E-state index is 0.149. The van der Waals surface area contributed by atoms with Gasteiger partial charge in [0.25, 0.3) is 5.92 Å². The van der Waals surface area contributed by atoms with Crippen molar-refractivity contribution in [3.63, 3.8) is 0 Å². The van der Waals surface area contributed by atoms with E-state index < -0.39 is 12.0 Å². The van der Waals surface area contributed by atoms with Crippen LogP contribution >= 0.6 is 11.3 Å². The zero-order valence-electron chi connectivity index (χ0n) is 8.77. The van der Waals surface area contributed by atoms with Crippen molar-refractivity contribution in [2.75, 3.05) is 19.6 Å². The maximum atomic E-state index is 13.2. The molecular weight excluding hydrogens is 234 g/mol. The van der Waals surface area contributed by atoms with Crippen LogP contribution in [0.25, 0.3) is 0 Å². The number of halogens is 2. The van der Waals surface area contributed by atoms with Gasteiger partial charge in [0.2, 0.25) is 0 Å². The highest BCUT2D eigenvalue weighted by Crippen LogP contribution is 2.27. The van der Waals surface area contributed by atoms with Crippen LogP contribution in [0.2, 0.25) is 0 Å². The topological polar surface area (TPSA) is 36.4 Å². The Labute approximate surface area is 96.7 Å². The second kappa shape index (κ2) is 4.73. The molecule has 1 unspecified atom stereocenters. The molecule has 1 aromatic heterocycles. The predicted octanol–water partition coefficient (Wildman–Crippen LogP) is 1.39. The molecule has 0 amide bonds. The van der Waals surface area contributed by atoms with Crippen LogP contribution in [-0.4, -0.2) is 46.7 Å². The highest BCUT2D eigenvalue weighted by molar-refractivity contribution is 7.09. The Balaban J connectivity index is 1.83. The van der Waals surface area contributed by atoms with Gasteiger partial charge in [0.1, 0.15) is 6.10 Å². The number of rotatable bonds is 3. The van der Waals surface area contributed by atoms with Gasteiger partial charge in [-0.05, 0) is 12.8 Å². The van der Waals surface area contributed by atoms with Crippen molar-refractivity contribution < 1.29 is 13.9 Å². The van der Waals surface area contributed by atoms with Crippen molar-refractivity contribution in [1.82, 2.24) is 9.88 Å². The Morgan fingerprint density at radius 3 is 3.06 bits per heavy atom. The summed E-state index contributed by atoms with van der Waals surface area (Å²) in [6, 6.07) is 0. The summed E-state index contributed by atoms with van der Waals surface area (Å²) in [6.07, 6.45) is 1.18. The second-order valence-corrected chi connectivity index (χ2v) is 5.03. The monoisotopic (exact) mass is 248 g/mol. The number of aromatic nitrogens is 1. The zero-order valence-corrected chi connectivity index (χ0v) is 9.59. The third kappa shape index (κ3) is 2.75. The number of hydrogen-bond acceptors (Lipinski definition) is 4. The van der Waals surface area contributed by atoms with Crippen LogP contribution in [0.3, 0.4) is 0 Å². The highest BCUT2D eigenvalue weighted by Gasteiger charge is 2.43. The summed E-state index contributed by atoms with van der Waals surface area (Å²) in [5, 5.41) is 9.12. The molecule has 2 heterocycles. The first-order valence-corrected chi connectivity index (χ1v) is 6.11. The molecule has 90 valence electrons. The predicted molar refractivity (Wildman–Crippen MR) is 57.8 cm³/mol. The van der Waals surface area contributed by atoms with Crippen molar-refractivity contribution in [3.05, 3.63) is 16.6 Å². The van der Waals surface area contributed by atoms with Crippen molar-refractivity contribution in [2.45, 2.75) is 24.9 Å². The summed E-state index contributed by atoms with van der Waals surface area (Å²) >= 11 is 1.54. The van der Waals surface area contributed by atoms with Crippen LogP contribution in [0.1, 0.15) is 11.3 Å². The molecule has 1 aromatic rings. The van der Waals surface area contributed by atoms with Crippen LogP contribution < -0.4 is 0 Å². The van der Waals surface area contributed by atoms with Gasteiger partial charge in [0.05, 0.1) is 12.1 Å². The number of aliphatic hydroxyl groups excluding tert-OH is 1. The van der Waals surface area contributed by atoms with Gasteiger partial charge in [0.15, 0.2) is 0 Å². The fourth-order valence-electron chi connectivity index (χ4n) is 1.82. The lowest BCUT2D eigenvalue weighted by molar-refractivity contribution is -0.149. The average molecular weight is 248 g/mol. The molecular formula is C10H14F2N2OS. The number of likely N-dealkylation sites (tertiary alicyclic amines) is 1. The highest BCUT2D eigenvalue weighted by atomic mass is 32.1. The zero-order chi connectivity index (χ0) is 11.6. The standard InChI is InChI=1S/C10H14F2N2OS/c11-10(12)6-14(4-2-9(10)15)3-1-8-5-13-7-16-8/h5,7,9,15H,1-4,6H2. The van der Waals surface area contributed by atoms with E-state index in [9.17, 15) is 8.78 Å². The summed E-state index contributed by atoms with van der Waals surface area (Å²) < 4.78 is 26.4. The largest absolute Gasteiger partial charge is 0.387 e. The van der Waals surface area contributed by atoms with Crippen LogP contribution in [0.5, 0.6) is 0 Å². The van der Waals surface area contributed by atoms with E-state index in [1.807, 2.05) is 0 Å². The molecule has 1 aliphatic heterocycles. The molecule has 3 nitrogen and oxygen atoms in total. The lowest BCUT2D eigenvalue weighted by Crippen LogP contribution is -2.51. The maximum Gasteiger partial charge on any atom is 0.285 e. The smallest absolute Gasteiger partial charge is 0.285 e. The molecule has 1 saturated heterocycles. The summed E-state index contributed by atoms with van der Waals surface area (Å²) in [5.74, 6) is -2.97. The maximum absolute atomic E-state index is 13.2. The molecule has 1 N–H and O–H groups in total. The summed E-state index contributed by atoms with van der Waals surface area (Å²) in [4.78, 5) is 6.75. The van der Waals surface area contributed by atoms with E-state index in [-0.39, 0.29) is 13.0 Å². The number of aliphatic hydroxyl groups is 1. The van der Waals surface area contributed by atoms with Crippen LogP contribution in [0.4, 0.5) is 8.78 Å². The van der Waals surface area contributed by atoms with E-state index in [0.29, 0.717) is 13.1 Å². The van der Waals surface area contributed by atoms with E-state index in [2.05, 4.69) is 4.98 Å². The van der Waals surface area contributed by atoms with Crippen molar-refractivity contribution in [2.24, 2.45) is 0 Å². The average Bonchev–Trinajstić information content (AvgIpc) is 2.72. The third-order valence-electron chi connectivity index (χ3n) is 2.80. The number of alkyl halides is 2. The quantitative estimate of drug-likeness (QED) is 0.878. The second-order valence-electron chi connectivity index (χ2n) is 4.06. The minimum atomic E-state index is -2.97. The lowest BCUT2D eigenvalue weighted by atomic mass is 10.0. The normalized spacial score (nSPS) is 25.8. The van der Waals surface area contributed by atoms with E-state index in [1.165, 1.54) is 11.3 Å². The summed E-state index contributed by atoms with van der Waals surface area (Å²) in [5.41, 5.74) is 1.74. The van der Waals surface area contributed by atoms with Gasteiger partial charge < -0.3 is 5.11 Å². The summed E-state index contributed by atoms with van der Waals surface area (Å²) in [6.45, 7) is 0.799. The number of hydrogen-bond donors (Lipinski definition) is 1. The Kier molecular flexibility index (Phi) is 3.51. The first-order valence-electron chi connectivity index (χ1n) is 5.23. The first-order chi connectivity index (χ1) is 7.58. The molecule has 2 rings (SSSR count). The van der Waals surface area contributed by atoms with E-state index >= 15 is 0 Å². The van der Waals surface area contributed by atoms with Gasteiger partial charge in [-0.2, -0.15) is 0 Å². The van der Waals surface area contributed by atoms with Crippen LogP contribution in [0, 0.1) is 0 Å². The minimum Gasteiger partial charge on any atom is -0.387 e. The molecule has 0 spiro atoms. The molecule has 0 aliphatic carbocycles. The fraction of sp³-hybridized carbons (Fsp3) is 0.700. The fourth-order valence-corrected chi connectivity index (χ4v) is 2.41. The third-order valence-corrected chi connectivity index (χ3v) is 3.64. The van der Waals surface area contributed by atoms with Gasteiger partial charge in [0, 0.05) is 24.2 Å². The molecule has 0 bridgehead atoms.